The van der Waals surface area contributed by atoms with Gasteiger partial charge in [-0.2, -0.15) is 0 Å². The van der Waals surface area contributed by atoms with Crippen molar-refractivity contribution in [1.82, 2.24) is 15.5 Å². The van der Waals surface area contributed by atoms with E-state index in [1.165, 1.54) is 0 Å². The number of rotatable bonds is 3. The summed E-state index contributed by atoms with van der Waals surface area (Å²) >= 11 is 0. The third-order valence-corrected chi connectivity index (χ3v) is 4.74. The van der Waals surface area contributed by atoms with Gasteiger partial charge >= 0.3 is 6.03 Å². The Balaban J connectivity index is 1.78. The summed E-state index contributed by atoms with van der Waals surface area (Å²) in [6.07, 6.45) is 2.45. The molecule has 2 fully saturated rings. The Morgan fingerprint density at radius 1 is 1.12 bits per heavy atom. The number of urea groups is 1. The zero-order chi connectivity index (χ0) is 17.9. The number of hydrogen-bond donors (Lipinski definition) is 2. The predicted molar refractivity (Wildman–Crippen MR) is 93.7 cm³/mol. The monoisotopic (exact) mass is 339 g/mol. The molecule has 0 radical (unpaired) electrons. The van der Waals surface area contributed by atoms with Crippen molar-refractivity contribution in [1.29, 1.82) is 0 Å². The van der Waals surface area contributed by atoms with Gasteiger partial charge in [0.25, 0.3) is 0 Å². The van der Waals surface area contributed by atoms with Gasteiger partial charge in [-0.15, -0.1) is 0 Å². The highest BCUT2D eigenvalue weighted by atomic mass is 16.5. The molecule has 2 saturated heterocycles. The molecule has 6 heteroatoms. The maximum absolute atomic E-state index is 12.5. The van der Waals surface area contributed by atoms with Gasteiger partial charge in [-0.1, -0.05) is 13.8 Å². The Hall–Kier alpha value is -1.30. The Bertz CT molecular complexity index is 451. The molecule has 0 unspecified atom stereocenters. The van der Waals surface area contributed by atoms with E-state index in [1.807, 2.05) is 25.7 Å². The van der Waals surface area contributed by atoms with Crippen molar-refractivity contribution in [3.05, 3.63) is 0 Å². The van der Waals surface area contributed by atoms with Crippen LogP contribution in [-0.2, 0) is 9.53 Å². The fourth-order valence-electron chi connectivity index (χ4n) is 3.48. The summed E-state index contributed by atoms with van der Waals surface area (Å²) in [6.45, 7) is 12.2. The minimum atomic E-state index is -0.226. The van der Waals surface area contributed by atoms with Gasteiger partial charge in [0.1, 0.15) is 0 Å². The van der Waals surface area contributed by atoms with Crippen LogP contribution in [0.1, 0.15) is 53.9 Å². The number of piperidine rings is 1. The standard InChI is InChI=1S/C18H33N3O3/c1-12(2)15-14(8-11-24-15)16(22)19-13-6-9-21(10-7-13)17(23)20-18(3,4)5/h12-15H,6-11H2,1-5H3,(H,19,22)(H,20,23)/t14-,15-/m1/s1. The average molecular weight is 339 g/mol. The SMILES string of the molecule is CC(C)[C@H]1OCC[C@H]1C(=O)NC1CCN(C(=O)NC(C)(C)C)CC1. The van der Waals surface area contributed by atoms with Crippen molar-refractivity contribution >= 4 is 11.9 Å². The molecule has 2 N–H and O–H groups in total. The number of amides is 3. The van der Waals surface area contributed by atoms with Crippen LogP contribution in [0.4, 0.5) is 4.79 Å². The van der Waals surface area contributed by atoms with Crippen LogP contribution in [0.3, 0.4) is 0 Å². The maximum Gasteiger partial charge on any atom is 0.317 e. The summed E-state index contributed by atoms with van der Waals surface area (Å²) in [4.78, 5) is 26.6. The lowest BCUT2D eigenvalue weighted by atomic mass is 9.91. The Labute approximate surface area is 145 Å². The van der Waals surface area contributed by atoms with E-state index in [1.54, 1.807) is 0 Å². The average Bonchev–Trinajstić information content (AvgIpc) is 2.96. The van der Waals surface area contributed by atoms with E-state index >= 15 is 0 Å². The van der Waals surface area contributed by atoms with E-state index in [2.05, 4.69) is 24.5 Å². The highest BCUT2D eigenvalue weighted by molar-refractivity contribution is 5.80. The summed E-state index contributed by atoms with van der Waals surface area (Å²) in [5.74, 6) is 0.433. The maximum atomic E-state index is 12.5. The first kappa shape index (κ1) is 19.0. The molecule has 0 aromatic carbocycles. The van der Waals surface area contributed by atoms with Crippen molar-refractivity contribution in [3.63, 3.8) is 0 Å². The van der Waals surface area contributed by atoms with Gasteiger partial charge in [0.15, 0.2) is 0 Å². The molecule has 3 amide bonds. The molecule has 0 spiro atoms. The molecule has 24 heavy (non-hydrogen) atoms. The Morgan fingerprint density at radius 3 is 2.29 bits per heavy atom. The quantitative estimate of drug-likeness (QED) is 0.827. The van der Waals surface area contributed by atoms with Crippen molar-refractivity contribution in [2.24, 2.45) is 11.8 Å². The third-order valence-electron chi connectivity index (χ3n) is 4.74. The molecule has 0 aliphatic carbocycles. The predicted octanol–water partition coefficient (Wildman–Crippen LogP) is 2.14. The number of likely N-dealkylation sites (tertiary alicyclic amines) is 1. The van der Waals surface area contributed by atoms with Gasteiger partial charge in [0, 0.05) is 31.3 Å². The molecule has 0 aromatic heterocycles. The third kappa shape index (κ3) is 5.10. The molecule has 2 atom stereocenters. The molecule has 2 aliphatic heterocycles. The second-order valence-electron chi connectivity index (χ2n) is 8.42. The highest BCUT2D eigenvalue weighted by Crippen LogP contribution is 2.27. The van der Waals surface area contributed by atoms with E-state index in [-0.39, 0.29) is 35.5 Å². The second-order valence-corrected chi connectivity index (χ2v) is 8.42. The number of hydrogen-bond acceptors (Lipinski definition) is 3. The zero-order valence-electron chi connectivity index (χ0n) is 15.7. The Morgan fingerprint density at radius 2 is 1.75 bits per heavy atom. The molecule has 2 heterocycles. The zero-order valence-corrected chi connectivity index (χ0v) is 15.7. The van der Waals surface area contributed by atoms with E-state index in [4.69, 9.17) is 4.74 Å². The van der Waals surface area contributed by atoms with Crippen LogP contribution in [0.15, 0.2) is 0 Å². The van der Waals surface area contributed by atoms with Gasteiger partial charge in [-0.3, -0.25) is 4.79 Å². The first-order chi connectivity index (χ1) is 11.2. The molecule has 6 nitrogen and oxygen atoms in total. The molecular weight excluding hydrogens is 306 g/mol. The minimum absolute atomic E-state index is 0.0173. The van der Waals surface area contributed by atoms with Gasteiger partial charge in [-0.05, 0) is 46.0 Å². The van der Waals surface area contributed by atoms with Gasteiger partial charge in [0.2, 0.25) is 5.91 Å². The van der Waals surface area contributed by atoms with Crippen LogP contribution >= 0.6 is 0 Å². The second kappa shape index (κ2) is 7.72. The van der Waals surface area contributed by atoms with E-state index < -0.39 is 0 Å². The molecule has 0 saturated carbocycles. The molecule has 138 valence electrons. The number of ether oxygens (including phenoxy) is 1. The number of nitrogens with zero attached hydrogens (tertiary/aromatic N) is 1. The highest BCUT2D eigenvalue weighted by Gasteiger charge is 2.37. The van der Waals surface area contributed by atoms with Crippen LogP contribution in [0, 0.1) is 11.8 Å². The number of nitrogens with one attached hydrogen (secondary N) is 2. The van der Waals surface area contributed by atoms with Crippen molar-refractivity contribution in [3.8, 4) is 0 Å². The fraction of sp³-hybridized carbons (Fsp3) is 0.889. The van der Waals surface area contributed by atoms with Gasteiger partial charge in [0.05, 0.1) is 12.0 Å². The molecular formula is C18H33N3O3. The largest absolute Gasteiger partial charge is 0.377 e. The smallest absolute Gasteiger partial charge is 0.317 e. The normalized spacial score (nSPS) is 25.8. The van der Waals surface area contributed by atoms with E-state index in [0.717, 1.165) is 19.3 Å². The van der Waals surface area contributed by atoms with Crippen LogP contribution in [0.25, 0.3) is 0 Å². The lowest BCUT2D eigenvalue weighted by molar-refractivity contribution is -0.128. The summed E-state index contributed by atoms with van der Waals surface area (Å²) in [6, 6.07) is 0.140. The number of carbonyl (C=O) groups excluding carboxylic acids is 2. The van der Waals surface area contributed by atoms with Crippen LogP contribution in [-0.4, -0.2) is 54.2 Å². The fourth-order valence-corrected chi connectivity index (χ4v) is 3.48. The van der Waals surface area contributed by atoms with Crippen LogP contribution in [0.2, 0.25) is 0 Å². The molecule has 0 aromatic rings. The summed E-state index contributed by atoms with van der Waals surface area (Å²) in [5.41, 5.74) is -0.226. The van der Waals surface area contributed by atoms with Crippen molar-refractivity contribution in [2.45, 2.75) is 71.6 Å². The summed E-state index contributed by atoms with van der Waals surface area (Å²) in [5, 5.41) is 6.17. The van der Waals surface area contributed by atoms with E-state index in [0.29, 0.717) is 25.6 Å². The van der Waals surface area contributed by atoms with Crippen molar-refractivity contribution < 1.29 is 14.3 Å². The Kier molecular flexibility index (Phi) is 6.12. The molecule has 2 rings (SSSR count). The molecule has 2 aliphatic rings. The topological polar surface area (TPSA) is 70.7 Å². The summed E-state index contributed by atoms with van der Waals surface area (Å²) < 4.78 is 5.71. The van der Waals surface area contributed by atoms with Gasteiger partial charge < -0.3 is 20.3 Å². The molecule has 0 bridgehead atoms. The van der Waals surface area contributed by atoms with Crippen LogP contribution in [0.5, 0.6) is 0 Å². The summed E-state index contributed by atoms with van der Waals surface area (Å²) in [7, 11) is 0. The van der Waals surface area contributed by atoms with Gasteiger partial charge in [-0.25, -0.2) is 4.79 Å². The minimum Gasteiger partial charge on any atom is -0.377 e. The van der Waals surface area contributed by atoms with Crippen molar-refractivity contribution in [2.75, 3.05) is 19.7 Å². The number of carbonyl (C=O) groups is 2. The van der Waals surface area contributed by atoms with E-state index in [9.17, 15) is 9.59 Å². The van der Waals surface area contributed by atoms with Crippen LogP contribution < -0.4 is 10.6 Å². The lowest BCUT2D eigenvalue weighted by Crippen LogP contribution is -2.53. The first-order valence-electron chi connectivity index (χ1n) is 9.16. The first-order valence-corrected chi connectivity index (χ1v) is 9.16. The lowest BCUT2D eigenvalue weighted by Gasteiger charge is -2.35.